The third kappa shape index (κ3) is 7.17. The first-order valence-electron chi connectivity index (χ1n) is 7.40. The molecule has 0 aromatic carbocycles. The number of guanidine groups is 1. The van der Waals surface area contributed by atoms with Crippen molar-refractivity contribution >= 4 is 17.3 Å². The van der Waals surface area contributed by atoms with E-state index in [0.29, 0.717) is 30.0 Å². The summed E-state index contributed by atoms with van der Waals surface area (Å²) in [6.07, 6.45) is -3.95. The minimum absolute atomic E-state index is 0.424. The van der Waals surface area contributed by atoms with Crippen molar-refractivity contribution in [1.29, 1.82) is 0 Å². The van der Waals surface area contributed by atoms with Gasteiger partial charge in [0.05, 0.1) is 5.01 Å². The SMILES string of the molecule is CN=C(NCCc1nc(C(F)(F)F)cs1)NCCN(C)C(C)C. The van der Waals surface area contributed by atoms with Crippen LogP contribution in [0.5, 0.6) is 0 Å². The highest BCUT2D eigenvalue weighted by molar-refractivity contribution is 7.09. The molecule has 9 heteroatoms. The van der Waals surface area contributed by atoms with Crippen LogP contribution < -0.4 is 10.6 Å². The first-order chi connectivity index (χ1) is 10.7. The lowest BCUT2D eigenvalue weighted by Gasteiger charge is -2.21. The van der Waals surface area contributed by atoms with Gasteiger partial charge in [0.1, 0.15) is 0 Å². The Balaban J connectivity index is 2.31. The fourth-order valence-electron chi connectivity index (χ4n) is 1.67. The lowest BCUT2D eigenvalue weighted by atomic mass is 10.3. The molecule has 1 aromatic heterocycles. The summed E-state index contributed by atoms with van der Waals surface area (Å²) in [5.41, 5.74) is -0.822. The van der Waals surface area contributed by atoms with Crippen LogP contribution in [-0.2, 0) is 12.6 Å². The Hall–Kier alpha value is -1.35. The molecule has 2 N–H and O–H groups in total. The van der Waals surface area contributed by atoms with E-state index in [4.69, 9.17) is 0 Å². The summed E-state index contributed by atoms with van der Waals surface area (Å²) in [6, 6.07) is 0.472. The summed E-state index contributed by atoms with van der Waals surface area (Å²) in [5.74, 6) is 0.634. The summed E-state index contributed by atoms with van der Waals surface area (Å²) < 4.78 is 37.4. The van der Waals surface area contributed by atoms with Crippen LogP contribution in [0.1, 0.15) is 24.5 Å². The van der Waals surface area contributed by atoms with Gasteiger partial charge in [-0.15, -0.1) is 11.3 Å². The number of rotatable bonds is 7. The average Bonchev–Trinajstić information content (AvgIpc) is 2.94. The number of thiazole rings is 1. The Bertz CT molecular complexity index is 499. The highest BCUT2D eigenvalue weighted by Crippen LogP contribution is 2.29. The number of alkyl halides is 3. The van der Waals surface area contributed by atoms with Crippen LogP contribution in [0, 0.1) is 0 Å². The zero-order valence-corrected chi connectivity index (χ0v) is 14.7. The summed E-state index contributed by atoms with van der Waals surface area (Å²) in [5, 5.41) is 7.75. The second-order valence-corrected chi connectivity index (χ2v) is 6.32. The minimum Gasteiger partial charge on any atom is -0.356 e. The molecular formula is C14H24F3N5S. The standard InChI is InChI=1S/C14H24F3N5S/c1-10(2)22(4)8-7-20-13(18-3)19-6-5-12-21-11(9-23-12)14(15,16)17/h9-10H,5-8H2,1-4H3,(H2,18,19,20). The van der Waals surface area contributed by atoms with Crippen molar-refractivity contribution in [1.82, 2.24) is 20.5 Å². The van der Waals surface area contributed by atoms with Gasteiger partial charge in [-0.3, -0.25) is 4.99 Å². The van der Waals surface area contributed by atoms with Crippen molar-refractivity contribution in [3.63, 3.8) is 0 Å². The van der Waals surface area contributed by atoms with Crippen LogP contribution in [0.25, 0.3) is 0 Å². The lowest BCUT2D eigenvalue weighted by Crippen LogP contribution is -2.42. The van der Waals surface area contributed by atoms with E-state index in [1.807, 2.05) is 7.05 Å². The van der Waals surface area contributed by atoms with Gasteiger partial charge in [-0.25, -0.2) is 4.98 Å². The van der Waals surface area contributed by atoms with E-state index in [1.54, 1.807) is 7.05 Å². The Morgan fingerprint density at radius 3 is 2.52 bits per heavy atom. The molecule has 0 atom stereocenters. The largest absolute Gasteiger partial charge is 0.434 e. The van der Waals surface area contributed by atoms with E-state index in [-0.39, 0.29) is 0 Å². The molecule has 1 rings (SSSR count). The Morgan fingerprint density at radius 1 is 1.35 bits per heavy atom. The molecule has 0 fully saturated rings. The van der Waals surface area contributed by atoms with E-state index in [2.05, 4.69) is 39.4 Å². The quantitative estimate of drug-likeness (QED) is 0.584. The molecule has 0 saturated carbocycles. The molecule has 0 radical (unpaired) electrons. The van der Waals surface area contributed by atoms with E-state index >= 15 is 0 Å². The third-order valence-corrected chi connectivity index (χ3v) is 4.24. The van der Waals surface area contributed by atoms with E-state index in [0.717, 1.165) is 29.8 Å². The highest BCUT2D eigenvalue weighted by atomic mass is 32.1. The molecule has 0 spiro atoms. The zero-order chi connectivity index (χ0) is 17.5. The molecule has 0 saturated heterocycles. The predicted molar refractivity (Wildman–Crippen MR) is 88.0 cm³/mol. The molecule has 0 aliphatic heterocycles. The van der Waals surface area contributed by atoms with Gasteiger partial charge >= 0.3 is 6.18 Å². The number of nitrogens with zero attached hydrogens (tertiary/aromatic N) is 3. The van der Waals surface area contributed by atoms with Crippen LogP contribution in [0.4, 0.5) is 13.2 Å². The number of halogens is 3. The maximum atomic E-state index is 12.5. The average molecular weight is 351 g/mol. The van der Waals surface area contributed by atoms with Crippen LogP contribution in [0.3, 0.4) is 0 Å². The molecule has 1 heterocycles. The normalized spacial score (nSPS) is 13.0. The van der Waals surface area contributed by atoms with Crippen LogP contribution in [0.15, 0.2) is 10.4 Å². The number of aromatic nitrogens is 1. The van der Waals surface area contributed by atoms with Crippen molar-refractivity contribution in [2.75, 3.05) is 33.7 Å². The summed E-state index contributed by atoms with van der Waals surface area (Å²) in [6.45, 7) is 6.33. The molecule has 5 nitrogen and oxygen atoms in total. The Labute approximate surface area is 139 Å². The van der Waals surface area contributed by atoms with Crippen LogP contribution in [-0.4, -0.2) is 55.6 Å². The Kier molecular flexibility index (Phi) is 7.77. The van der Waals surface area contributed by atoms with E-state index in [1.165, 1.54) is 0 Å². The maximum absolute atomic E-state index is 12.5. The second-order valence-electron chi connectivity index (χ2n) is 5.37. The number of likely N-dealkylation sites (N-methyl/N-ethyl adjacent to an activating group) is 1. The van der Waals surface area contributed by atoms with Gasteiger partial charge in [0, 0.05) is 44.5 Å². The first-order valence-corrected chi connectivity index (χ1v) is 8.28. The zero-order valence-electron chi connectivity index (χ0n) is 13.9. The molecule has 1 aromatic rings. The smallest absolute Gasteiger partial charge is 0.356 e. The Morgan fingerprint density at radius 2 is 2.00 bits per heavy atom. The van der Waals surface area contributed by atoms with Crippen molar-refractivity contribution < 1.29 is 13.2 Å². The fraction of sp³-hybridized carbons (Fsp3) is 0.714. The van der Waals surface area contributed by atoms with Gasteiger partial charge in [-0.1, -0.05) is 0 Å². The van der Waals surface area contributed by atoms with Gasteiger partial charge in [0.25, 0.3) is 0 Å². The summed E-state index contributed by atoms with van der Waals surface area (Å²) in [7, 11) is 3.70. The van der Waals surface area contributed by atoms with Gasteiger partial charge in [0.15, 0.2) is 11.7 Å². The second kappa shape index (κ2) is 9.07. The van der Waals surface area contributed by atoms with Crippen molar-refractivity contribution in [2.45, 2.75) is 32.5 Å². The molecule has 132 valence electrons. The van der Waals surface area contributed by atoms with Crippen LogP contribution >= 0.6 is 11.3 Å². The molecule has 0 aliphatic carbocycles. The number of hydrogen-bond donors (Lipinski definition) is 2. The number of hydrogen-bond acceptors (Lipinski definition) is 4. The van der Waals surface area contributed by atoms with Gasteiger partial charge < -0.3 is 15.5 Å². The molecule has 23 heavy (non-hydrogen) atoms. The number of aliphatic imine (C=N–C) groups is 1. The van der Waals surface area contributed by atoms with Crippen LogP contribution in [0.2, 0.25) is 0 Å². The third-order valence-electron chi connectivity index (χ3n) is 3.34. The monoisotopic (exact) mass is 351 g/mol. The van der Waals surface area contributed by atoms with Gasteiger partial charge in [-0.05, 0) is 20.9 Å². The predicted octanol–water partition coefficient (Wildman–Crippen LogP) is 2.21. The first kappa shape index (κ1) is 19.7. The topological polar surface area (TPSA) is 52.6 Å². The number of nitrogens with one attached hydrogen (secondary N) is 2. The fourth-order valence-corrected chi connectivity index (χ4v) is 2.48. The minimum atomic E-state index is -4.37. The van der Waals surface area contributed by atoms with Crippen molar-refractivity contribution in [3.05, 3.63) is 16.1 Å². The maximum Gasteiger partial charge on any atom is 0.434 e. The molecule has 0 amide bonds. The lowest BCUT2D eigenvalue weighted by molar-refractivity contribution is -0.140. The van der Waals surface area contributed by atoms with Gasteiger partial charge in [0.2, 0.25) is 0 Å². The molecule has 0 aliphatic rings. The molecular weight excluding hydrogens is 327 g/mol. The summed E-state index contributed by atoms with van der Waals surface area (Å²) >= 11 is 1.02. The van der Waals surface area contributed by atoms with Crippen molar-refractivity contribution in [3.8, 4) is 0 Å². The van der Waals surface area contributed by atoms with Gasteiger partial charge in [-0.2, -0.15) is 13.2 Å². The highest BCUT2D eigenvalue weighted by Gasteiger charge is 2.33. The molecule has 0 unspecified atom stereocenters. The van der Waals surface area contributed by atoms with E-state index in [9.17, 15) is 13.2 Å². The van der Waals surface area contributed by atoms with E-state index < -0.39 is 11.9 Å². The summed E-state index contributed by atoms with van der Waals surface area (Å²) in [4.78, 5) is 9.88. The van der Waals surface area contributed by atoms with Crippen molar-refractivity contribution in [2.24, 2.45) is 4.99 Å². The molecule has 0 bridgehead atoms.